The zero-order valence-corrected chi connectivity index (χ0v) is 9.14. The number of rotatable bonds is 1. The fraction of sp³-hybridized carbons (Fsp3) is 0.462. The van der Waals surface area contributed by atoms with Crippen molar-refractivity contribution in [1.29, 1.82) is 0 Å². The van der Waals surface area contributed by atoms with Crippen LogP contribution in [0.2, 0.25) is 0 Å². The molecule has 0 aliphatic heterocycles. The third-order valence-electron chi connectivity index (χ3n) is 3.54. The number of hydrogen-bond donors (Lipinski definition) is 1. The first-order valence-corrected chi connectivity index (χ1v) is 5.87. The molecule has 1 aromatic carbocycles. The van der Waals surface area contributed by atoms with Crippen molar-refractivity contribution >= 4 is 10.9 Å². The van der Waals surface area contributed by atoms with Gasteiger partial charge in [0.05, 0.1) is 11.7 Å². The van der Waals surface area contributed by atoms with E-state index in [1.54, 1.807) is 11.1 Å². The van der Waals surface area contributed by atoms with Gasteiger partial charge in [-0.05, 0) is 54.9 Å². The zero-order valence-electron chi connectivity index (χ0n) is 9.14. The van der Waals surface area contributed by atoms with Gasteiger partial charge in [-0.3, -0.25) is 5.10 Å². The number of aromatic nitrogens is 2. The lowest BCUT2D eigenvalue weighted by atomic mass is 9.86. The van der Waals surface area contributed by atoms with Gasteiger partial charge in [0.2, 0.25) is 0 Å². The molecule has 0 saturated carbocycles. The van der Waals surface area contributed by atoms with E-state index in [1.807, 2.05) is 6.20 Å². The summed E-state index contributed by atoms with van der Waals surface area (Å²) in [5, 5.41) is 8.58. The van der Waals surface area contributed by atoms with Gasteiger partial charge in [0.15, 0.2) is 0 Å². The minimum atomic E-state index is 1.12. The maximum absolute atomic E-state index is 4.16. The summed E-state index contributed by atoms with van der Waals surface area (Å²) in [7, 11) is 0. The van der Waals surface area contributed by atoms with Crippen molar-refractivity contribution in [1.82, 2.24) is 10.2 Å². The van der Waals surface area contributed by atoms with Crippen LogP contribution in [-0.4, -0.2) is 10.2 Å². The Balaban J connectivity index is 2.34. The molecule has 78 valence electrons. The van der Waals surface area contributed by atoms with Crippen LogP contribution in [0.15, 0.2) is 12.3 Å². The van der Waals surface area contributed by atoms with Crippen LogP contribution in [0.1, 0.15) is 36.5 Å². The van der Waals surface area contributed by atoms with Crippen molar-refractivity contribution in [2.45, 2.75) is 39.0 Å². The molecule has 0 amide bonds. The van der Waals surface area contributed by atoms with E-state index in [0.29, 0.717) is 0 Å². The second-order valence-electron chi connectivity index (χ2n) is 4.38. The van der Waals surface area contributed by atoms with Gasteiger partial charge in [0, 0.05) is 5.39 Å². The Labute approximate surface area is 89.7 Å². The first-order valence-electron chi connectivity index (χ1n) is 5.87. The summed E-state index contributed by atoms with van der Waals surface area (Å²) in [6.07, 6.45) is 8.30. The predicted molar refractivity (Wildman–Crippen MR) is 62.1 cm³/mol. The Bertz CT molecular complexity index is 496. The Morgan fingerprint density at radius 3 is 3.07 bits per heavy atom. The molecule has 1 N–H and O–H groups in total. The van der Waals surface area contributed by atoms with Gasteiger partial charge < -0.3 is 0 Å². The van der Waals surface area contributed by atoms with E-state index < -0.39 is 0 Å². The third kappa shape index (κ3) is 1.28. The average molecular weight is 200 g/mol. The van der Waals surface area contributed by atoms with E-state index in [2.05, 4.69) is 23.2 Å². The molecule has 1 aliphatic rings. The average Bonchev–Trinajstić information content (AvgIpc) is 2.73. The number of fused-ring (bicyclic) bond motifs is 2. The molecule has 0 fully saturated rings. The first-order chi connectivity index (χ1) is 7.40. The standard InChI is InChI=1S/C13H16N2/c1-2-10-11-6-4-3-5-9(11)7-13-12(10)8-14-15-13/h7-8H,2-6H2,1H3,(H,14,15). The number of H-pyrrole nitrogens is 1. The smallest absolute Gasteiger partial charge is 0.0656 e. The number of hydrogen-bond acceptors (Lipinski definition) is 1. The monoisotopic (exact) mass is 200 g/mol. The Morgan fingerprint density at radius 1 is 1.33 bits per heavy atom. The van der Waals surface area contributed by atoms with E-state index in [-0.39, 0.29) is 0 Å². The molecule has 0 bridgehead atoms. The van der Waals surface area contributed by atoms with Gasteiger partial charge in [-0.1, -0.05) is 6.92 Å². The summed E-state index contributed by atoms with van der Waals surface area (Å²) in [6.45, 7) is 2.25. The van der Waals surface area contributed by atoms with Crippen molar-refractivity contribution in [3.63, 3.8) is 0 Å². The van der Waals surface area contributed by atoms with Gasteiger partial charge in [-0.2, -0.15) is 5.10 Å². The molecule has 2 nitrogen and oxygen atoms in total. The Kier molecular flexibility index (Phi) is 2.01. The SMILES string of the molecule is CCc1c2c(cc3[nH]ncc13)CCCC2. The molecule has 1 aliphatic carbocycles. The van der Waals surface area contributed by atoms with Crippen molar-refractivity contribution in [3.05, 3.63) is 29.0 Å². The number of aryl methyl sites for hydroxylation is 2. The second kappa shape index (κ2) is 3.37. The number of benzene rings is 1. The van der Waals surface area contributed by atoms with Crippen molar-refractivity contribution in [2.24, 2.45) is 0 Å². The molecule has 0 radical (unpaired) electrons. The van der Waals surface area contributed by atoms with Gasteiger partial charge in [-0.15, -0.1) is 0 Å². The van der Waals surface area contributed by atoms with E-state index in [1.165, 1.54) is 42.1 Å². The van der Waals surface area contributed by atoms with Crippen molar-refractivity contribution in [2.75, 3.05) is 0 Å². The highest BCUT2D eigenvalue weighted by Crippen LogP contribution is 2.30. The highest BCUT2D eigenvalue weighted by molar-refractivity contribution is 5.84. The van der Waals surface area contributed by atoms with E-state index >= 15 is 0 Å². The molecule has 1 heterocycles. The van der Waals surface area contributed by atoms with Crippen LogP contribution < -0.4 is 0 Å². The third-order valence-corrected chi connectivity index (χ3v) is 3.54. The van der Waals surface area contributed by atoms with Crippen LogP contribution in [0.3, 0.4) is 0 Å². The summed E-state index contributed by atoms with van der Waals surface area (Å²) in [4.78, 5) is 0. The summed E-state index contributed by atoms with van der Waals surface area (Å²) >= 11 is 0. The molecule has 0 unspecified atom stereocenters. The molecule has 0 spiro atoms. The highest BCUT2D eigenvalue weighted by atomic mass is 15.1. The van der Waals surface area contributed by atoms with Crippen molar-refractivity contribution in [3.8, 4) is 0 Å². The van der Waals surface area contributed by atoms with E-state index in [0.717, 1.165) is 6.42 Å². The van der Waals surface area contributed by atoms with E-state index in [9.17, 15) is 0 Å². The number of nitrogens with zero attached hydrogens (tertiary/aromatic N) is 1. The zero-order chi connectivity index (χ0) is 10.3. The second-order valence-corrected chi connectivity index (χ2v) is 4.38. The van der Waals surface area contributed by atoms with Crippen LogP contribution in [0.25, 0.3) is 10.9 Å². The Morgan fingerprint density at radius 2 is 2.20 bits per heavy atom. The van der Waals surface area contributed by atoms with E-state index in [4.69, 9.17) is 0 Å². The maximum atomic E-state index is 4.16. The fourth-order valence-electron chi connectivity index (χ4n) is 2.82. The lowest BCUT2D eigenvalue weighted by molar-refractivity contribution is 0.681. The summed E-state index contributed by atoms with van der Waals surface area (Å²) in [5.41, 5.74) is 5.90. The normalized spacial score (nSPS) is 15.5. The minimum Gasteiger partial charge on any atom is -0.278 e. The van der Waals surface area contributed by atoms with Gasteiger partial charge in [0.1, 0.15) is 0 Å². The predicted octanol–water partition coefficient (Wildman–Crippen LogP) is 3.00. The molecule has 1 aromatic heterocycles. The van der Waals surface area contributed by atoms with Crippen molar-refractivity contribution < 1.29 is 0 Å². The van der Waals surface area contributed by atoms with Crippen LogP contribution >= 0.6 is 0 Å². The van der Waals surface area contributed by atoms with Crippen LogP contribution in [0, 0.1) is 0 Å². The number of nitrogens with one attached hydrogen (secondary N) is 1. The lowest BCUT2D eigenvalue weighted by Crippen LogP contribution is -2.06. The van der Waals surface area contributed by atoms with Gasteiger partial charge in [0.25, 0.3) is 0 Å². The topological polar surface area (TPSA) is 28.7 Å². The van der Waals surface area contributed by atoms with Gasteiger partial charge in [-0.25, -0.2) is 0 Å². The van der Waals surface area contributed by atoms with Crippen LogP contribution in [-0.2, 0) is 19.3 Å². The summed E-state index contributed by atoms with van der Waals surface area (Å²) < 4.78 is 0. The lowest BCUT2D eigenvalue weighted by Gasteiger charge is -2.19. The molecular formula is C13H16N2. The molecular weight excluding hydrogens is 184 g/mol. The number of aromatic amines is 1. The fourth-order valence-corrected chi connectivity index (χ4v) is 2.82. The highest BCUT2D eigenvalue weighted by Gasteiger charge is 2.15. The molecule has 0 atom stereocenters. The van der Waals surface area contributed by atoms with Crippen LogP contribution in [0.5, 0.6) is 0 Å². The van der Waals surface area contributed by atoms with Crippen LogP contribution in [0.4, 0.5) is 0 Å². The molecule has 2 aromatic rings. The minimum absolute atomic E-state index is 1.12. The molecule has 15 heavy (non-hydrogen) atoms. The van der Waals surface area contributed by atoms with Gasteiger partial charge >= 0.3 is 0 Å². The molecule has 2 heteroatoms. The Hall–Kier alpha value is -1.31. The summed E-state index contributed by atoms with van der Waals surface area (Å²) in [5.74, 6) is 0. The molecule has 0 saturated heterocycles. The quantitative estimate of drug-likeness (QED) is 0.753. The maximum Gasteiger partial charge on any atom is 0.0656 e. The molecule has 3 rings (SSSR count). The first kappa shape index (κ1) is 8.96. The largest absolute Gasteiger partial charge is 0.278 e. The summed E-state index contributed by atoms with van der Waals surface area (Å²) in [6, 6.07) is 2.30.